The van der Waals surface area contributed by atoms with Crippen molar-refractivity contribution in [1.29, 1.82) is 0 Å². The molecule has 3 amide bonds. The van der Waals surface area contributed by atoms with E-state index in [1.165, 1.54) is 18.0 Å². The minimum atomic E-state index is -1.11. The van der Waals surface area contributed by atoms with Gasteiger partial charge in [-0.25, -0.2) is 5.43 Å². The minimum Gasteiger partial charge on any atom is -0.456 e. The van der Waals surface area contributed by atoms with Crippen LogP contribution in [0.15, 0.2) is 66.3 Å². The van der Waals surface area contributed by atoms with E-state index in [2.05, 4.69) is 16.1 Å². The number of fused-ring (bicyclic) bond motifs is 2. The number of cyclic esters (lactones) is 1. The molecule has 1 fully saturated rings. The summed E-state index contributed by atoms with van der Waals surface area (Å²) in [5.41, 5.74) is 4.36. The molecule has 3 rings (SSSR count). The molecular formula is C39H54N4O8. The number of hydrazine groups is 1. The highest BCUT2D eigenvalue weighted by Crippen LogP contribution is 2.23. The van der Waals surface area contributed by atoms with Gasteiger partial charge in [-0.1, -0.05) is 75.4 Å². The molecule has 5 unspecified atom stereocenters. The average Bonchev–Trinajstić information content (AvgIpc) is 3.10. The maximum Gasteiger partial charge on any atom is 0.325 e. The minimum absolute atomic E-state index is 0.0835. The number of rotatable bonds is 8. The van der Waals surface area contributed by atoms with Crippen LogP contribution in [0.25, 0.3) is 0 Å². The predicted octanol–water partition coefficient (Wildman–Crippen LogP) is 3.30. The summed E-state index contributed by atoms with van der Waals surface area (Å²) in [7, 11) is 0. The van der Waals surface area contributed by atoms with E-state index in [1.54, 1.807) is 45.9 Å². The van der Waals surface area contributed by atoms with Gasteiger partial charge in [-0.05, 0) is 68.6 Å². The van der Waals surface area contributed by atoms with Crippen molar-refractivity contribution in [3.8, 4) is 0 Å². The van der Waals surface area contributed by atoms with Crippen molar-refractivity contribution >= 4 is 35.8 Å². The van der Waals surface area contributed by atoms with Crippen LogP contribution in [0.3, 0.4) is 0 Å². The van der Waals surface area contributed by atoms with Gasteiger partial charge in [0.25, 0.3) is 5.91 Å². The van der Waals surface area contributed by atoms with E-state index >= 15 is 0 Å². The first-order valence-corrected chi connectivity index (χ1v) is 17.9. The van der Waals surface area contributed by atoms with Gasteiger partial charge in [-0.3, -0.25) is 29.0 Å². The lowest BCUT2D eigenvalue weighted by Gasteiger charge is -2.36. The Hall–Kier alpha value is -4.42. The number of nitrogens with zero attached hydrogens (tertiary/aromatic N) is 1. The number of esters is 1. The summed E-state index contributed by atoms with van der Waals surface area (Å²) in [6, 6.07) is 6.24. The highest BCUT2D eigenvalue weighted by molar-refractivity contribution is 5.93. The quantitative estimate of drug-likeness (QED) is 0.180. The summed E-state index contributed by atoms with van der Waals surface area (Å²) in [6.45, 7) is 8.76. The molecule has 1 saturated heterocycles. The molecule has 12 nitrogen and oxygen atoms in total. The molecule has 0 radical (unpaired) electrons. The van der Waals surface area contributed by atoms with Crippen LogP contribution in [0.4, 0.5) is 0 Å². The summed E-state index contributed by atoms with van der Waals surface area (Å²) in [4.78, 5) is 78.4. The largest absolute Gasteiger partial charge is 0.456 e. The first kappa shape index (κ1) is 41.0. The van der Waals surface area contributed by atoms with Gasteiger partial charge >= 0.3 is 5.97 Å². The number of Topliss-reactive ketones (excluding diaryl/α,β-unsaturated/α-hetero) is 1. The first-order valence-electron chi connectivity index (χ1n) is 17.9. The SMILES string of the molecule is CC(=O)CC[C@H]1C(=O)NC(C(C)C)C(=O)NC(Cc2ccccc2)C(=O)N2CCCC(N2)C(=O)O[C@H](/C(C)=C/C=O)C/C=C/C=C/CC(C)C1O. The predicted molar refractivity (Wildman–Crippen MR) is 193 cm³/mol. The molecule has 2 heterocycles. The number of ether oxygens (including phenoxy) is 1. The Bertz CT molecular complexity index is 1460. The number of hydrogen-bond acceptors (Lipinski definition) is 9. The highest BCUT2D eigenvalue weighted by atomic mass is 16.5. The number of aliphatic hydroxyl groups excluding tert-OH is 1. The number of carbonyl (C=O) groups excluding carboxylic acids is 6. The fourth-order valence-corrected chi connectivity index (χ4v) is 6.18. The van der Waals surface area contributed by atoms with Crippen LogP contribution in [-0.4, -0.2) is 82.8 Å². The maximum atomic E-state index is 14.1. The molecular weight excluding hydrogens is 652 g/mol. The Morgan fingerprint density at radius 2 is 1.71 bits per heavy atom. The number of nitrogens with one attached hydrogen (secondary N) is 3. The number of aliphatic hydroxyl groups is 1. The van der Waals surface area contributed by atoms with Crippen molar-refractivity contribution in [2.45, 2.75) is 110 Å². The Kier molecular flexibility index (Phi) is 16.4. The molecule has 2 aliphatic rings. The van der Waals surface area contributed by atoms with Gasteiger partial charge in [0.05, 0.1) is 12.0 Å². The number of allylic oxidation sites excluding steroid dienone is 4. The molecule has 1 aromatic carbocycles. The van der Waals surface area contributed by atoms with Crippen LogP contribution in [0.1, 0.15) is 78.7 Å². The van der Waals surface area contributed by atoms with E-state index in [4.69, 9.17) is 4.74 Å². The van der Waals surface area contributed by atoms with Crippen LogP contribution < -0.4 is 16.1 Å². The van der Waals surface area contributed by atoms with Crippen LogP contribution in [0, 0.1) is 17.8 Å². The molecule has 0 saturated carbocycles. The Labute approximate surface area is 301 Å². The smallest absolute Gasteiger partial charge is 0.325 e. The molecule has 0 aliphatic carbocycles. The monoisotopic (exact) mass is 706 g/mol. The lowest BCUT2D eigenvalue weighted by molar-refractivity contribution is -0.156. The fourth-order valence-electron chi connectivity index (χ4n) is 6.18. The number of ketones is 1. The number of aldehydes is 1. The molecule has 12 heteroatoms. The summed E-state index contributed by atoms with van der Waals surface area (Å²) in [5, 5.41) is 18.4. The number of benzene rings is 1. The number of amides is 3. The molecule has 0 spiro atoms. The number of hydrogen-bond donors (Lipinski definition) is 4. The van der Waals surface area contributed by atoms with Crippen molar-refractivity contribution in [3.05, 3.63) is 71.8 Å². The lowest BCUT2D eigenvalue weighted by atomic mass is 9.85. The molecule has 51 heavy (non-hydrogen) atoms. The molecule has 2 bridgehead atoms. The summed E-state index contributed by atoms with van der Waals surface area (Å²) in [5.74, 6) is -4.01. The van der Waals surface area contributed by atoms with E-state index in [0.717, 1.165) is 5.56 Å². The lowest BCUT2D eigenvalue weighted by Crippen LogP contribution is -2.62. The zero-order chi connectivity index (χ0) is 37.5. The molecule has 7 atom stereocenters. The molecule has 1 aromatic rings. The highest BCUT2D eigenvalue weighted by Gasteiger charge is 2.37. The van der Waals surface area contributed by atoms with Crippen molar-refractivity contribution in [2.24, 2.45) is 17.8 Å². The third-order valence-corrected chi connectivity index (χ3v) is 9.36. The van der Waals surface area contributed by atoms with Gasteiger partial charge in [-0.15, -0.1) is 0 Å². The van der Waals surface area contributed by atoms with Crippen molar-refractivity contribution in [3.63, 3.8) is 0 Å². The Morgan fingerprint density at radius 1 is 1.02 bits per heavy atom. The Balaban J connectivity index is 2.02. The standard InChI is InChI=1S/C39H54N4O8/c1-25(2)34-37(48)40-32(24-29-15-10-8-11-16-29)38(49)43-22-13-17-31(42-43)39(50)51-33(26(3)21-23-44)18-12-7-6-9-14-27(4)35(46)30(36(47)41-34)20-19-28(5)45/h6-12,15-16,21,23,25,27,30-35,42,46H,13-14,17-20,22,24H2,1-5H3,(H,40,48)(H,41,47)/b9-6+,12-7+,26-21+/t27?,30-,31?,32?,33+,34?,35?/m1/s1. The van der Waals surface area contributed by atoms with Crippen LogP contribution in [0.2, 0.25) is 0 Å². The van der Waals surface area contributed by atoms with Crippen molar-refractivity contribution in [1.82, 2.24) is 21.1 Å². The van der Waals surface area contributed by atoms with Gasteiger partial charge in [0.1, 0.15) is 36.3 Å². The second-order valence-corrected chi connectivity index (χ2v) is 13.9. The van der Waals surface area contributed by atoms with E-state index in [9.17, 15) is 33.9 Å². The second-order valence-electron chi connectivity index (χ2n) is 13.9. The third-order valence-electron chi connectivity index (χ3n) is 9.36. The summed E-state index contributed by atoms with van der Waals surface area (Å²) < 4.78 is 5.86. The van der Waals surface area contributed by atoms with Crippen LogP contribution >= 0.6 is 0 Å². The summed E-state index contributed by atoms with van der Waals surface area (Å²) in [6.07, 6.45) is 9.30. The van der Waals surface area contributed by atoms with Gasteiger partial charge < -0.3 is 25.3 Å². The number of carbonyl (C=O) groups is 6. The zero-order valence-corrected chi connectivity index (χ0v) is 30.4. The average molecular weight is 707 g/mol. The zero-order valence-electron chi connectivity index (χ0n) is 30.4. The molecule has 278 valence electrons. The van der Waals surface area contributed by atoms with Gasteiger partial charge in [-0.2, -0.15) is 0 Å². The van der Waals surface area contributed by atoms with Crippen LogP contribution in [0.5, 0.6) is 0 Å². The summed E-state index contributed by atoms with van der Waals surface area (Å²) >= 11 is 0. The normalized spacial score (nSPS) is 29.1. The fraction of sp³-hybridized carbons (Fsp3) is 0.538. The topological polar surface area (TPSA) is 171 Å². The van der Waals surface area contributed by atoms with Crippen molar-refractivity contribution < 1.29 is 38.6 Å². The maximum absolute atomic E-state index is 14.1. The molecule has 0 aromatic heterocycles. The van der Waals surface area contributed by atoms with E-state index in [0.29, 0.717) is 31.1 Å². The van der Waals surface area contributed by atoms with E-state index in [1.807, 2.05) is 36.4 Å². The van der Waals surface area contributed by atoms with E-state index in [-0.39, 0.29) is 49.8 Å². The molecule has 4 N–H and O–H groups in total. The van der Waals surface area contributed by atoms with Gasteiger partial charge in [0, 0.05) is 25.8 Å². The van der Waals surface area contributed by atoms with Gasteiger partial charge in [0.15, 0.2) is 0 Å². The van der Waals surface area contributed by atoms with Gasteiger partial charge in [0.2, 0.25) is 11.8 Å². The molecule has 2 aliphatic heterocycles. The van der Waals surface area contributed by atoms with Crippen LogP contribution in [-0.2, 0) is 39.9 Å². The second kappa shape index (κ2) is 20.4. The first-order chi connectivity index (χ1) is 24.3. The van der Waals surface area contributed by atoms with E-state index < -0.39 is 59.9 Å². The van der Waals surface area contributed by atoms with Crippen molar-refractivity contribution in [2.75, 3.05) is 6.54 Å². The third kappa shape index (κ3) is 12.7. The Morgan fingerprint density at radius 3 is 2.35 bits per heavy atom.